The molecule has 1 amide bonds. The van der Waals surface area contributed by atoms with Gasteiger partial charge in [0, 0.05) is 36.3 Å². The molecule has 1 atom stereocenters. The van der Waals surface area contributed by atoms with Crippen LogP contribution in [0.25, 0.3) is 34.2 Å². The number of hydrogen-bond acceptors (Lipinski definition) is 5. The van der Waals surface area contributed by atoms with Crippen molar-refractivity contribution >= 4 is 32.8 Å². The lowest BCUT2D eigenvalue weighted by Gasteiger charge is -2.21. The summed E-state index contributed by atoms with van der Waals surface area (Å²) in [5.41, 5.74) is 2.98. The summed E-state index contributed by atoms with van der Waals surface area (Å²) in [6.07, 6.45) is 5.48. The number of carbonyl (C=O) groups is 1. The molecule has 1 saturated heterocycles. The molecule has 0 spiro atoms. The summed E-state index contributed by atoms with van der Waals surface area (Å²) in [5, 5.41) is 5.70. The zero-order valence-electron chi connectivity index (χ0n) is 18.1. The third-order valence-electron chi connectivity index (χ3n) is 5.93. The number of carbonyl (C=O) groups excluding carboxylic acids is 1. The van der Waals surface area contributed by atoms with E-state index >= 15 is 0 Å². The van der Waals surface area contributed by atoms with Crippen LogP contribution in [0.1, 0.15) is 12.0 Å². The number of hydrogen-bond donors (Lipinski definition) is 0. The lowest BCUT2D eigenvalue weighted by Crippen LogP contribution is -2.36. The number of likely N-dealkylation sites (N-methyl/N-ethyl adjacent to an activating group) is 1. The van der Waals surface area contributed by atoms with Gasteiger partial charge in [0.2, 0.25) is 5.91 Å². The molecule has 0 radical (unpaired) electrons. The lowest BCUT2D eigenvalue weighted by atomic mass is 10.1. The highest BCUT2D eigenvalue weighted by molar-refractivity contribution is 7.91. The van der Waals surface area contributed by atoms with Crippen molar-refractivity contribution in [2.45, 2.75) is 12.5 Å². The summed E-state index contributed by atoms with van der Waals surface area (Å²) in [5.74, 6) is 0.492. The quantitative estimate of drug-likeness (QED) is 0.420. The Kier molecular flexibility index (Phi) is 5.38. The molecule has 0 saturated carbocycles. The number of benzene rings is 2. The molecule has 8 heteroatoms. The Labute approximate surface area is 191 Å². The number of nitrogens with zero attached hydrogens (tertiary/aromatic N) is 3. The zero-order chi connectivity index (χ0) is 23.0. The van der Waals surface area contributed by atoms with Gasteiger partial charge >= 0.3 is 0 Å². The number of amides is 1. The van der Waals surface area contributed by atoms with Gasteiger partial charge in [0.1, 0.15) is 11.3 Å². The molecule has 33 heavy (non-hydrogen) atoms. The van der Waals surface area contributed by atoms with Gasteiger partial charge in [0.15, 0.2) is 15.6 Å². The largest absolute Gasteiger partial charge is 0.454 e. The van der Waals surface area contributed by atoms with E-state index < -0.39 is 9.84 Å². The van der Waals surface area contributed by atoms with Crippen molar-refractivity contribution in [3.63, 3.8) is 0 Å². The fourth-order valence-electron chi connectivity index (χ4n) is 4.05. The third-order valence-corrected chi connectivity index (χ3v) is 7.68. The van der Waals surface area contributed by atoms with E-state index in [9.17, 15) is 13.2 Å². The maximum Gasteiger partial charge on any atom is 0.246 e. The average molecular weight is 462 g/mol. The van der Waals surface area contributed by atoms with Crippen LogP contribution < -0.4 is 0 Å². The molecule has 0 unspecified atom stereocenters. The van der Waals surface area contributed by atoms with E-state index in [1.165, 1.54) is 11.0 Å². The first-order chi connectivity index (χ1) is 15.9. The molecule has 1 fully saturated rings. The third kappa shape index (κ3) is 4.34. The summed E-state index contributed by atoms with van der Waals surface area (Å²) in [4.78, 5) is 14.3. The Morgan fingerprint density at radius 3 is 2.64 bits per heavy atom. The van der Waals surface area contributed by atoms with Crippen LogP contribution in [-0.4, -0.2) is 53.6 Å². The number of furan rings is 1. The van der Waals surface area contributed by atoms with Crippen molar-refractivity contribution in [1.82, 2.24) is 14.7 Å². The Hall–Kier alpha value is -3.65. The molecule has 168 valence electrons. The van der Waals surface area contributed by atoms with E-state index in [-0.39, 0.29) is 23.5 Å². The molecule has 4 aromatic rings. The minimum absolute atomic E-state index is 0.0131. The Morgan fingerprint density at radius 1 is 1.15 bits per heavy atom. The topological polar surface area (TPSA) is 85.4 Å². The molecule has 0 bridgehead atoms. The lowest BCUT2D eigenvalue weighted by molar-refractivity contribution is -0.126. The van der Waals surface area contributed by atoms with Crippen LogP contribution in [-0.2, 0) is 14.6 Å². The molecule has 2 aromatic heterocycles. The maximum atomic E-state index is 12.8. The SMILES string of the molecule is CN(C(=O)/C=C/c1cn(-c2ccccc2)nc1-c1cc2ccccc2o1)[C@H]1CCS(=O)(=O)C1. The van der Waals surface area contributed by atoms with Gasteiger partial charge in [0.25, 0.3) is 0 Å². The second-order valence-electron chi connectivity index (χ2n) is 8.20. The van der Waals surface area contributed by atoms with Gasteiger partial charge in [-0.3, -0.25) is 4.79 Å². The minimum Gasteiger partial charge on any atom is -0.454 e. The molecular weight excluding hydrogens is 438 g/mol. The Bertz CT molecular complexity index is 1420. The second-order valence-corrected chi connectivity index (χ2v) is 10.4. The van der Waals surface area contributed by atoms with Gasteiger partial charge in [-0.2, -0.15) is 5.10 Å². The zero-order valence-corrected chi connectivity index (χ0v) is 18.9. The number of rotatable bonds is 5. The predicted octanol–water partition coefficient (Wildman–Crippen LogP) is 3.94. The number of aromatic nitrogens is 2. The predicted molar refractivity (Wildman–Crippen MR) is 128 cm³/mol. The number of para-hydroxylation sites is 2. The molecule has 3 heterocycles. The monoisotopic (exact) mass is 461 g/mol. The fourth-order valence-corrected chi connectivity index (χ4v) is 5.83. The minimum atomic E-state index is -3.07. The van der Waals surface area contributed by atoms with Gasteiger partial charge in [-0.15, -0.1) is 0 Å². The highest BCUT2D eigenvalue weighted by Crippen LogP contribution is 2.30. The first-order valence-corrected chi connectivity index (χ1v) is 12.5. The summed E-state index contributed by atoms with van der Waals surface area (Å²) >= 11 is 0. The summed E-state index contributed by atoms with van der Waals surface area (Å²) in [6, 6.07) is 19.1. The standard InChI is InChI=1S/C25H23N3O4S/c1-27(21-13-14-33(30,31)17-21)24(29)12-11-19-16-28(20-8-3-2-4-9-20)26-25(19)23-15-18-7-5-6-10-22(18)32-23/h2-12,15-16,21H,13-14,17H2,1H3/b12-11+/t21-/m0/s1. The van der Waals surface area contributed by atoms with Crippen LogP contribution >= 0.6 is 0 Å². The molecule has 5 rings (SSSR count). The molecule has 0 N–H and O–H groups in total. The van der Waals surface area contributed by atoms with E-state index in [0.29, 0.717) is 17.9 Å². The summed E-state index contributed by atoms with van der Waals surface area (Å²) in [6.45, 7) is 0. The van der Waals surface area contributed by atoms with Crippen molar-refractivity contribution in [2.75, 3.05) is 18.6 Å². The van der Waals surface area contributed by atoms with Gasteiger partial charge in [0.05, 0.1) is 17.2 Å². The average Bonchev–Trinajstić information content (AvgIpc) is 3.53. The molecular formula is C25H23N3O4S. The van der Waals surface area contributed by atoms with Crippen LogP contribution in [0.2, 0.25) is 0 Å². The highest BCUT2D eigenvalue weighted by Gasteiger charge is 2.32. The van der Waals surface area contributed by atoms with E-state index in [1.807, 2.05) is 66.9 Å². The smallest absolute Gasteiger partial charge is 0.246 e. The van der Waals surface area contributed by atoms with Crippen molar-refractivity contribution in [3.05, 3.63) is 78.5 Å². The molecule has 2 aromatic carbocycles. The normalized spacial score (nSPS) is 17.7. The molecule has 0 aliphatic carbocycles. The summed E-state index contributed by atoms with van der Waals surface area (Å²) in [7, 11) is -1.42. The van der Waals surface area contributed by atoms with Crippen molar-refractivity contribution in [2.24, 2.45) is 0 Å². The Balaban J connectivity index is 1.49. The molecule has 7 nitrogen and oxygen atoms in total. The number of sulfone groups is 1. The van der Waals surface area contributed by atoms with Gasteiger partial charge < -0.3 is 9.32 Å². The van der Waals surface area contributed by atoms with Crippen molar-refractivity contribution < 1.29 is 17.6 Å². The van der Waals surface area contributed by atoms with Crippen LogP contribution in [0.3, 0.4) is 0 Å². The highest BCUT2D eigenvalue weighted by atomic mass is 32.2. The summed E-state index contributed by atoms with van der Waals surface area (Å²) < 4.78 is 31.3. The van der Waals surface area contributed by atoms with Crippen LogP contribution in [0.15, 0.2) is 77.4 Å². The van der Waals surface area contributed by atoms with Gasteiger partial charge in [-0.1, -0.05) is 36.4 Å². The van der Waals surface area contributed by atoms with Crippen molar-refractivity contribution in [3.8, 4) is 17.1 Å². The van der Waals surface area contributed by atoms with Crippen molar-refractivity contribution in [1.29, 1.82) is 0 Å². The Morgan fingerprint density at radius 2 is 1.91 bits per heavy atom. The number of fused-ring (bicyclic) bond motifs is 1. The van der Waals surface area contributed by atoms with Crippen LogP contribution in [0, 0.1) is 0 Å². The van der Waals surface area contributed by atoms with Crippen LogP contribution in [0.4, 0.5) is 0 Å². The maximum absolute atomic E-state index is 12.8. The van der Waals surface area contributed by atoms with E-state index in [1.54, 1.807) is 17.8 Å². The van der Waals surface area contributed by atoms with E-state index in [0.717, 1.165) is 22.2 Å². The van der Waals surface area contributed by atoms with Crippen LogP contribution in [0.5, 0.6) is 0 Å². The first-order valence-electron chi connectivity index (χ1n) is 10.7. The fraction of sp³-hybridized carbons (Fsp3) is 0.200. The van der Waals surface area contributed by atoms with E-state index in [4.69, 9.17) is 9.52 Å². The van der Waals surface area contributed by atoms with E-state index in [2.05, 4.69) is 0 Å². The van der Waals surface area contributed by atoms with Gasteiger partial charge in [-0.25, -0.2) is 13.1 Å². The molecule has 1 aliphatic heterocycles. The van der Waals surface area contributed by atoms with Gasteiger partial charge in [-0.05, 0) is 36.8 Å². The molecule has 1 aliphatic rings. The second kappa shape index (κ2) is 8.37. The first kappa shape index (κ1) is 21.2.